The Morgan fingerprint density at radius 1 is 1.15 bits per heavy atom. The number of aryl methyl sites for hydroxylation is 1. The highest BCUT2D eigenvalue weighted by Crippen LogP contribution is 2.32. The van der Waals surface area contributed by atoms with E-state index >= 15 is 0 Å². The van der Waals surface area contributed by atoms with Crippen molar-refractivity contribution >= 4 is 16.7 Å². The van der Waals surface area contributed by atoms with E-state index in [1.54, 1.807) is 18.3 Å². The Morgan fingerprint density at radius 3 is 2.70 bits per heavy atom. The van der Waals surface area contributed by atoms with Crippen molar-refractivity contribution in [3.63, 3.8) is 0 Å². The summed E-state index contributed by atoms with van der Waals surface area (Å²) in [4.78, 5) is 19.4. The molecule has 2 heterocycles. The third kappa shape index (κ3) is 2.69. The molecule has 0 spiro atoms. The summed E-state index contributed by atoms with van der Waals surface area (Å²) < 4.78 is 1.87. The SMILES string of the molecule is Cc1ccccc1-n1cc(C#N)c2ncnc(-c3cccc([N+](=O)[O-])c3)c21. The fraction of sp³-hybridized carbons (Fsp3) is 0.0500. The molecule has 2 aromatic heterocycles. The van der Waals surface area contributed by atoms with Crippen molar-refractivity contribution < 1.29 is 4.92 Å². The zero-order chi connectivity index (χ0) is 19.0. The molecule has 130 valence electrons. The van der Waals surface area contributed by atoms with Crippen molar-refractivity contribution in [1.29, 1.82) is 5.26 Å². The van der Waals surface area contributed by atoms with E-state index in [4.69, 9.17) is 0 Å². The highest BCUT2D eigenvalue weighted by Gasteiger charge is 2.19. The van der Waals surface area contributed by atoms with Gasteiger partial charge in [-0.2, -0.15) is 5.26 Å². The van der Waals surface area contributed by atoms with Crippen LogP contribution in [0.4, 0.5) is 5.69 Å². The van der Waals surface area contributed by atoms with Crippen LogP contribution in [-0.4, -0.2) is 19.5 Å². The Kier molecular flexibility index (Phi) is 3.86. The van der Waals surface area contributed by atoms with Crippen LogP contribution in [0.3, 0.4) is 0 Å². The quantitative estimate of drug-likeness (QED) is 0.406. The predicted octanol–water partition coefficient (Wildman–Crippen LogP) is 4.18. The fourth-order valence-corrected chi connectivity index (χ4v) is 3.14. The van der Waals surface area contributed by atoms with Crippen LogP contribution in [0, 0.1) is 28.4 Å². The highest BCUT2D eigenvalue weighted by molar-refractivity contribution is 5.95. The standard InChI is InChI=1S/C20H13N5O2/c1-13-5-2-3-8-17(13)24-11-15(10-21)19-20(24)18(22-12-23-19)14-6-4-7-16(9-14)25(26)27/h2-9,11-12H,1H3. The predicted molar refractivity (Wildman–Crippen MR) is 100 cm³/mol. The highest BCUT2D eigenvalue weighted by atomic mass is 16.6. The smallest absolute Gasteiger partial charge is 0.270 e. The zero-order valence-electron chi connectivity index (χ0n) is 14.3. The molecule has 0 amide bonds. The number of nitro benzene ring substituents is 1. The van der Waals surface area contributed by atoms with E-state index in [9.17, 15) is 15.4 Å². The van der Waals surface area contributed by atoms with Gasteiger partial charge >= 0.3 is 0 Å². The van der Waals surface area contributed by atoms with E-state index in [0.29, 0.717) is 27.9 Å². The Labute approximate surface area is 154 Å². The summed E-state index contributed by atoms with van der Waals surface area (Å²) in [5.74, 6) is 0. The number of benzene rings is 2. The lowest BCUT2D eigenvalue weighted by Gasteiger charge is -2.11. The van der Waals surface area contributed by atoms with Crippen LogP contribution in [-0.2, 0) is 0 Å². The van der Waals surface area contributed by atoms with E-state index in [1.165, 1.54) is 18.5 Å². The minimum absolute atomic E-state index is 0.0197. The van der Waals surface area contributed by atoms with E-state index in [-0.39, 0.29) is 5.69 Å². The fourth-order valence-electron chi connectivity index (χ4n) is 3.14. The van der Waals surface area contributed by atoms with E-state index in [0.717, 1.165) is 11.3 Å². The number of hydrogen-bond donors (Lipinski definition) is 0. The van der Waals surface area contributed by atoms with Gasteiger partial charge in [-0.1, -0.05) is 30.3 Å². The van der Waals surface area contributed by atoms with Crippen molar-refractivity contribution in [2.24, 2.45) is 0 Å². The normalized spacial score (nSPS) is 10.7. The maximum atomic E-state index is 11.2. The van der Waals surface area contributed by atoms with E-state index < -0.39 is 4.92 Å². The number of para-hydroxylation sites is 1. The Bertz CT molecular complexity index is 1240. The molecule has 0 radical (unpaired) electrons. The lowest BCUT2D eigenvalue weighted by molar-refractivity contribution is -0.384. The van der Waals surface area contributed by atoms with Gasteiger partial charge in [0.25, 0.3) is 5.69 Å². The van der Waals surface area contributed by atoms with Crippen LogP contribution < -0.4 is 0 Å². The summed E-state index contributed by atoms with van der Waals surface area (Å²) in [6.07, 6.45) is 3.10. The first-order chi connectivity index (χ1) is 13.1. The summed E-state index contributed by atoms with van der Waals surface area (Å²) >= 11 is 0. The second-order valence-electron chi connectivity index (χ2n) is 6.04. The largest absolute Gasteiger partial charge is 0.312 e. The van der Waals surface area contributed by atoms with Gasteiger partial charge in [0.15, 0.2) is 0 Å². The molecule has 27 heavy (non-hydrogen) atoms. The average molecular weight is 355 g/mol. The average Bonchev–Trinajstić information content (AvgIpc) is 3.07. The van der Waals surface area contributed by atoms with Crippen LogP contribution >= 0.6 is 0 Å². The first kappa shape index (κ1) is 16.4. The molecule has 4 rings (SSSR count). The Balaban J connectivity index is 2.08. The number of nitrogens with zero attached hydrogens (tertiary/aromatic N) is 5. The maximum absolute atomic E-state index is 11.2. The lowest BCUT2D eigenvalue weighted by Crippen LogP contribution is -1.98. The molecule has 0 bridgehead atoms. The second-order valence-corrected chi connectivity index (χ2v) is 6.04. The molecular weight excluding hydrogens is 342 g/mol. The molecule has 4 aromatic rings. The van der Waals surface area contributed by atoms with Crippen LogP contribution in [0.2, 0.25) is 0 Å². The number of nitriles is 1. The summed E-state index contributed by atoms with van der Waals surface area (Å²) in [7, 11) is 0. The van der Waals surface area contributed by atoms with Gasteiger partial charge in [0.05, 0.1) is 21.7 Å². The van der Waals surface area contributed by atoms with Gasteiger partial charge in [0, 0.05) is 29.6 Å². The molecule has 0 saturated heterocycles. The number of non-ortho nitro benzene ring substituents is 1. The summed E-state index contributed by atoms with van der Waals surface area (Å²) in [6, 6.07) is 16.2. The topological polar surface area (TPSA) is 97.6 Å². The Morgan fingerprint density at radius 2 is 1.96 bits per heavy atom. The number of rotatable bonds is 3. The number of nitro groups is 1. The molecule has 0 N–H and O–H groups in total. The molecule has 0 aliphatic heterocycles. The Hall–Kier alpha value is -4.05. The van der Waals surface area contributed by atoms with E-state index in [1.807, 2.05) is 35.8 Å². The third-order valence-electron chi connectivity index (χ3n) is 4.40. The zero-order valence-corrected chi connectivity index (χ0v) is 14.3. The van der Waals surface area contributed by atoms with Crippen LogP contribution in [0.25, 0.3) is 28.0 Å². The lowest BCUT2D eigenvalue weighted by atomic mass is 10.1. The molecule has 0 aliphatic carbocycles. The molecule has 0 saturated carbocycles. The molecule has 2 aromatic carbocycles. The number of aromatic nitrogens is 3. The number of hydrogen-bond acceptors (Lipinski definition) is 5. The van der Waals surface area contributed by atoms with E-state index in [2.05, 4.69) is 16.0 Å². The van der Waals surface area contributed by atoms with Crippen molar-refractivity contribution in [3.8, 4) is 23.0 Å². The van der Waals surface area contributed by atoms with Gasteiger partial charge in [-0.15, -0.1) is 0 Å². The third-order valence-corrected chi connectivity index (χ3v) is 4.40. The van der Waals surface area contributed by atoms with Gasteiger partial charge in [-0.05, 0) is 18.6 Å². The molecule has 0 aliphatic rings. The van der Waals surface area contributed by atoms with Gasteiger partial charge < -0.3 is 4.57 Å². The minimum Gasteiger partial charge on any atom is -0.312 e. The van der Waals surface area contributed by atoms with Crippen molar-refractivity contribution in [1.82, 2.24) is 14.5 Å². The van der Waals surface area contributed by atoms with Crippen molar-refractivity contribution in [2.45, 2.75) is 6.92 Å². The molecule has 7 heteroatoms. The second kappa shape index (κ2) is 6.35. The van der Waals surface area contributed by atoms with Gasteiger partial charge in [-0.3, -0.25) is 10.1 Å². The van der Waals surface area contributed by atoms with Crippen molar-refractivity contribution in [3.05, 3.63) is 82.3 Å². The van der Waals surface area contributed by atoms with Gasteiger partial charge in [0.1, 0.15) is 17.9 Å². The molecule has 7 nitrogen and oxygen atoms in total. The number of fused-ring (bicyclic) bond motifs is 1. The van der Waals surface area contributed by atoms with Crippen molar-refractivity contribution in [2.75, 3.05) is 0 Å². The van der Waals surface area contributed by atoms with Crippen LogP contribution in [0.5, 0.6) is 0 Å². The van der Waals surface area contributed by atoms with Crippen LogP contribution in [0.1, 0.15) is 11.1 Å². The molecular formula is C20H13N5O2. The van der Waals surface area contributed by atoms with Gasteiger partial charge in [0.2, 0.25) is 0 Å². The summed E-state index contributed by atoms with van der Waals surface area (Å²) in [5.41, 5.74) is 4.60. The van der Waals surface area contributed by atoms with Gasteiger partial charge in [-0.25, -0.2) is 9.97 Å². The minimum atomic E-state index is -0.441. The molecule has 0 unspecified atom stereocenters. The molecule has 0 atom stereocenters. The summed E-state index contributed by atoms with van der Waals surface area (Å²) in [6.45, 7) is 1.98. The first-order valence-corrected chi connectivity index (χ1v) is 8.17. The summed E-state index contributed by atoms with van der Waals surface area (Å²) in [5, 5.41) is 20.7. The first-order valence-electron chi connectivity index (χ1n) is 8.17. The maximum Gasteiger partial charge on any atom is 0.270 e. The molecule has 0 fully saturated rings. The van der Waals surface area contributed by atoms with Crippen LogP contribution in [0.15, 0.2) is 61.1 Å². The monoisotopic (exact) mass is 355 g/mol.